The molecule has 4 nitrogen and oxygen atoms in total. The number of anilines is 1. The Bertz CT molecular complexity index is 402. The van der Waals surface area contributed by atoms with Gasteiger partial charge in [-0.25, -0.2) is 0 Å². The minimum Gasteiger partial charge on any atom is -0.399 e. The third kappa shape index (κ3) is 5.17. The summed E-state index contributed by atoms with van der Waals surface area (Å²) in [6.07, 6.45) is 3.21. The molecule has 1 rings (SSSR count). The van der Waals surface area contributed by atoms with E-state index in [1.807, 2.05) is 25.1 Å². The van der Waals surface area contributed by atoms with Crippen molar-refractivity contribution in [2.75, 3.05) is 19.5 Å². The van der Waals surface area contributed by atoms with Gasteiger partial charge in [-0.3, -0.25) is 4.79 Å². The molecule has 17 heavy (non-hydrogen) atoms. The minimum atomic E-state index is -0.142. The number of nitrogens with two attached hydrogens (primary N) is 1. The summed E-state index contributed by atoms with van der Waals surface area (Å²) in [5.74, 6) is -0.142. The molecule has 0 aliphatic rings. The van der Waals surface area contributed by atoms with E-state index in [0.717, 1.165) is 5.56 Å². The predicted molar refractivity (Wildman–Crippen MR) is 69.4 cm³/mol. The number of carbonyl (C=O) groups excluding carboxylic acids is 1. The van der Waals surface area contributed by atoms with Crippen LogP contribution in [0.5, 0.6) is 0 Å². The number of benzene rings is 1. The van der Waals surface area contributed by atoms with Gasteiger partial charge in [0.25, 0.3) is 0 Å². The first-order valence-electron chi connectivity index (χ1n) is 5.45. The highest BCUT2D eigenvalue weighted by atomic mass is 16.5. The molecule has 0 heterocycles. The molecule has 0 saturated carbocycles. The first-order chi connectivity index (χ1) is 8.11. The summed E-state index contributed by atoms with van der Waals surface area (Å²) in [4.78, 5) is 11.5. The van der Waals surface area contributed by atoms with E-state index in [1.165, 1.54) is 6.08 Å². The maximum absolute atomic E-state index is 11.5. The molecular formula is C13H18N2O2. The molecule has 4 heteroatoms. The van der Waals surface area contributed by atoms with Gasteiger partial charge >= 0.3 is 0 Å². The van der Waals surface area contributed by atoms with Gasteiger partial charge in [-0.15, -0.1) is 0 Å². The van der Waals surface area contributed by atoms with Crippen LogP contribution >= 0.6 is 0 Å². The van der Waals surface area contributed by atoms with Gasteiger partial charge in [0.1, 0.15) is 0 Å². The fourth-order valence-electron chi connectivity index (χ4n) is 1.42. The van der Waals surface area contributed by atoms with Crippen LogP contribution in [0.4, 0.5) is 5.69 Å². The number of ether oxygens (including phenoxy) is 1. The quantitative estimate of drug-likeness (QED) is 0.598. The highest BCUT2D eigenvalue weighted by molar-refractivity contribution is 5.92. The normalized spacial score (nSPS) is 12.6. The zero-order valence-corrected chi connectivity index (χ0v) is 10.1. The fourth-order valence-corrected chi connectivity index (χ4v) is 1.42. The molecule has 0 saturated heterocycles. The molecule has 0 aliphatic heterocycles. The average molecular weight is 234 g/mol. The van der Waals surface area contributed by atoms with E-state index in [1.54, 1.807) is 19.3 Å². The Labute approximate surface area is 101 Å². The van der Waals surface area contributed by atoms with Gasteiger partial charge in [-0.1, -0.05) is 12.1 Å². The third-order valence-electron chi connectivity index (χ3n) is 2.14. The molecule has 92 valence electrons. The van der Waals surface area contributed by atoms with Crippen molar-refractivity contribution < 1.29 is 9.53 Å². The van der Waals surface area contributed by atoms with Crippen molar-refractivity contribution in [3.8, 4) is 0 Å². The zero-order chi connectivity index (χ0) is 12.7. The molecule has 1 aromatic carbocycles. The van der Waals surface area contributed by atoms with Gasteiger partial charge in [0.15, 0.2) is 0 Å². The number of nitrogen functional groups attached to an aromatic ring is 1. The monoisotopic (exact) mass is 234 g/mol. The maximum Gasteiger partial charge on any atom is 0.244 e. The Morgan fingerprint density at radius 2 is 2.35 bits per heavy atom. The molecule has 1 aromatic rings. The second-order valence-corrected chi connectivity index (χ2v) is 3.87. The topological polar surface area (TPSA) is 64.3 Å². The van der Waals surface area contributed by atoms with Gasteiger partial charge in [0.05, 0.1) is 6.61 Å². The van der Waals surface area contributed by atoms with Crippen LogP contribution in [0, 0.1) is 0 Å². The van der Waals surface area contributed by atoms with Crippen LogP contribution in [-0.2, 0) is 9.53 Å². The van der Waals surface area contributed by atoms with Crippen LogP contribution in [0.2, 0.25) is 0 Å². The van der Waals surface area contributed by atoms with Crippen LogP contribution in [0.25, 0.3) is 6.08 Å². The summed E-state index contributed by atoms with van der Waals surface area (Å²) in [6, 6.07) is 7.34. The molecule has 3 N–H and O–H groups in total. The molecule has 1 unspecified atom stereocenters. The van der Waals surface area contributed by atoms with E-state index in [9.17, 15) is 4.79 Å². The number of amides is 1. The predicted octanol–water partition coefficient (Wildman–Crippen LogP) is 1.43. The van der Waals surface area contributed by atoms with Gasteiger partial charge in [-0.05, 0) is 30.7 Å². The molecule has 0 fully saturated rings. The Balaban J connectivity index is 2.51. The van der Waals surface area contributed by atoms with Gasteiger partial charge in [0, 0.05) is 24.9 Å². The minimum absolute atomic E-state index is 0.00186. The average Bonchev–Trinajstić information content (AvgIpc) is 2.27. The van der Waals surface area contributed by atoms with Crippen LogP contribution < -0.4 is 11.1 Å². The molecule has 1 atom stereocenters. The van der Waals surface area contributed by atoms with Crippen molar-refractivity contribution in [1.82, 2.24) is 5.32 Å². The number of rotatable bonds is 5. The standard InChI is InChI=1S/C13H18N2O2/c1-10(9-17-2)15-13(16)7-6-11-4-3-5-12(14)8-11/h3-8,10H,9,14H2,1-2H3,(H,15,16)/b7-6+. The Morgan fingerprint density at radius 1 is 1.59 bits per heavy atom. The van der Waals surface area contributed by atoms with Gasteiger partial charge in [0.2, 0.25) is 5.91 Å². The van der Waals surface area contributed by atoms with Crippen molar-refractivity contribution in [3.05, 3.63) is 35.9 Å². The zero-order valence-electron chi connectivity index (χ0n) is 10.1. The van der Waals surface area contributed by atoms with Crippen molar-refractivity contribution in [3.63, 3.8) is 0 Å². The number of nitrogens with one attached hydrogen (secondary N) is 1. The van der Waals surface area contributed by atoms with Crippen LogP contribution in [-0.4, -0.2) is 25.7 Å². The lowest BCUT2D eigenvalue weighted by atomic mass is 10.2. The summed E-state index contributed by atoms with van der Waals surface area (Å²) in [6.45, 7) is 2.38. The maximum atomic E-state index is 11.5. The molecule has 0 spiro atoms. The highest BCUT2D eigenvalue weighted by Crippen LogP contribution is 2.07. The van der Waals surface area contributed by atoms with E-state index >= 15 is 0 Å². The summed E-state index contributed by atoms with van der Waals surface area (Å²) < 4.78 is 4.93. The molecule has 1 amide bonds. The number of hydrogen-bond acceptors (Lipinski definition) is 3. The highest BCUT2D eigenvalue weighted by Gasteiger charge is 2.02. The van der Waals surface area contributed by atoms with Crippen molar-refractivity contribution in [2.45, 2.75) is 13.0 Å². The van der Waals surface area contributed by atoms with Gasteiger partial charge in [-0.2, -0.15) is 0 Å². The Kier molecular flexibility index (Phi) is 5.23. The van der Waals surface area contributed by atoms with Crippen LogP contribution in [0.1, 0.15) is 12.5 Å². The van der Waals surface area contributed by atoms with E-state index in [2.05, 4.69) is 5.32 Å². The molecule has 0 aliphatic carbocycles. The lowest BCUT2D eigenvalue weighted by molar-refractivity contribution is -0.117. The summed E-state index contributed by atoms with van der Waals surface area (Å²) in [5.41, 5.74) is 7.22. The SMILES string of the molecule is COCC(C)NC(=O)/C=C/c1cccc(N)c1. The lowest BCUT2D eigenvalue weighted by Crippen LogP contribution is -2.34. The first-order valence-corrected chi connectivity index (χ1v) is 5.45. The Hall–Kier alpha value is -1.81. The van der Waals surface area contributed by atoms with Crippen LogP contribution in [0.15, 0.2) is 30.3 Å². The summed E-state index contributed by atoms with van der Waals surface area (Å²) >= 11 is 0. The molecule has 0 aromatic heterocycles. The Morgan fingerprint density at radius 3 is 3.00 bits per heavy atom. The van der Waals surface area contributed by atoms with Crippen molar-refractivity contribution in [1.29, 1.82) is 0 Å². The number of hydrogen-bond donors (Lipinski definition) is 2. The van der Waals surface area contributed by atoms with E-state index < -0.39 is 0 Å². The van der Waals surface area contributed by atoms with Gasteiger partial charge < -0.3 is 15.8 Å². The second kappa shape index (κ2) is 6.70. The molecule has 0 radical (unpaired) electrons. The van der Waals surface area contributed by atoms with Crippen LogP contribution in [0.3, 0.4) is 0 Å². The summed E-state index contributed by atoms with van der Waals surface area (Å²) in [5, 5.41) is 2.78. The van der Waals surface area contributed by atoms with E-state index in [0.29, 0.717) is 12.3 Å². The van der Waals surface area contributed by atoms with E-state index in [-0.39, 0.29) is 11.9 Å². The lowest BCUT2D eigenvalue weighted by Gasteiger charge is -2.10. The number of methoxy groups -OCH3 is 1. The second-order valence-electron chi connectivity index (χ2n) is 3.87. The molecule has 0 bridgehead atoms. The van der Waals surface area contributed by atoms with Crippen molar-refractivity contribution >= 4 is 17.7 Å². The summed E-state index contributed by atoms with van der Waals surface area (Å²) in [7, 11) is 1.60. The number of carbonyl (C=O) groups is 1. The van der Waals surface area contributed by atoms with Crippen molar-refractivity contribution in [2.24, 2.45) is 0 Å². The third-order valence-corrected chi connectivity index (χ3v) is 2.14. The largest absolute Gasteiger partial charge is 0.399 e. The first kappa shape index (κ1) is 13.3. The van der Waals surface area contributed by atoms with E-state index in [4.69, 9.17) is 10.5 Å². The fraction of sp³-hybridized carbons (Fsp3) is 0.308. The smallest absolute Gasteiger partial charge is 0.244 e. The molecular weight excluding hydrogens is 216 g/mol.